The fourth-order valence-corrected chi connectivity index (χ4v) is 10.4. The first kappa shape index (κ1) is 67.7. The highest BCUT2D eigenvalue weighted by atomic mass is 32.3. The molecule has 8 amide bonds. The molecule has 0 aromatic heterocycles. The number of hydrogen-bond acceptors (Lipinski definition) is 20. The van der Waals surface area contributed by atoms with Gasteiger partial charge in [0.25, 0.3) is 0 Å². The lowest BCUT2D eigenvalue weighted by atomic mass is 9.96. The maximum absolute atomic E-state index is 14.6. The average molecular weight is 1180 g/mol. The van der Waals surface area contributed by atoms with Crippen LogP contribution >= 0.6 is 0 Å². The van der Waals surface area contributed by atoms with Crippen LogP contribution in [0.1, 0.15) is 142 Å². The molecule has 3 fully saturated rings. The summed E-state index contributed by atoms with van der Waals surface area (Å²) in [6.07, 6.45) is -6.43. The molecule has 0 bridgehead atoms. The van der Waals surface area contributed by atoms with E-state index in [0.29, 0.717) is 28.7 Å². The molecule has 15 atom stereocenters. The number of benzene rings is 1. The van der Waals surface area contributed by atoms with Crippen LogP contribution in [0.15, 0.2) is 18.2 Å². The van der Waals surface area contributed by atoms with Gasteiger partial charge in [-0.15, -0.1) is 0 Å². The van der Waals surface area contributed by atoms with Crippen LogP contribution in [0.2, 0.25) is 0 Å². The van der Waals surface area contributed by atoms with Crippen LogP contribution in [0, 0.1) is 5.92 Å². The molecular formula is C51H82N8O21S. The van der Waals surface area contributed by atoms with E-state index in [9.17, 15) is 97.3 Å². The minimum absolute atomic E-state index is 0.114. The van der Waals surface area contributed by atoms with Crippen LogP contribution in [0.3, 0.4) is 0 Å². The highest BCUT2D eigenvalue weighted by Gasteiger charge is 2.51. The van der Waals surface area contributed by atoms with Gasteiger partial charge in [0, 0.05) is 38.3 Å². The fraction of sp³-hybridized carbons (Fsp3) is 0.725. The number of hydrogen-bond donors (Lipinski definition) is 16. The number of nitrogens with two attached hydrogens (primary N) is 1. The van der Waals surface area contributed by atoms with Crippen molar-refractivity contribution in [3.05, 3.63) is 23.8 Å². The van der Waals surface area contributed by atoms with Crippen molar-refractivity contribution >= 4 is 57.7 Å². The smallest absolute Gasteiger partial charge is 0.446 e. The molecule has 0 radical (unpaired) electrons. The van der Waals surface area contributed by atoms with E-state index in [4.69, 9.17) is 5.73 Å². The molecule has 0 spiro atoms. The third-order valence-corrected chi connectivity index (χ3v) is 15.0. The Morgan fingerprint density at radius 3 is 1.86 bits per heavy atom. The normalized spacial score (nSPS) is 28.0. The lowest BCUT2D eigenvalue weighted by Crippen LogP contribution is -2.64. The first-order valence-electron chi connectivity index (χ1n) is 27.4. The quantitative estimate of drug-likeness (QED) is 0.0351. The Bertz CT molecular complexity index is 2440. The molecule has 3 aliphatic rings. The Labute approximate surface area is 469 Å². The molecular weight excluding hydrogens is 1090 g/mol. The van der Waals surface area contributed by atoms with Gasteiger partial charge in [-0.25, -0.2) is 0 Å². The summed E-state index contributed by atoms with van der Waals surface area (Å²) in [7, 11) is -5.33. The summed E-state index contributed by atoms with van der Waals surface area (Å²) in [5.74, 6) is -13.3. The van der Waals surface area contributed by atoms with Gasteiger partial charge in [-0.2, -0.15) is 8.42 Å². The lowest BCUT2D eigenvalue weighted by Gasteiger charge is -2.34. The molecule has 29 nitrogen and oxygen atoms in total. The van der Waals surface area contributed by atoms with Crippen LogP contribution < -0.4 is 36.5 Å². The van der Waals surface area contributed by atoms with Crippen LogP contribution in [-0.2, 0) is 48.8 Å². The largest absolute Gasteiger partial charge is 0.504 e. The van der Waals surface area contributed by atoms with Gasteiger partial charge >= 0.3 is 10.4 Å². The third kappa shape index (κ3) is 19.9. The van der Waals surface area contributed by atoms with Gasteiger partial charge < -0.3 is 92.3 Å². The number of primary amides is 1. The second-order valence-corrected chi connectivity index (χ2v) is 22.3. The summed E-state index contributed by atoms with van der Waals surface area (Å²) < 4.78 is 36.6. The van der Waals surface area contributed by atoms with Gasteiger partial charge in [0.1, 0.15) is 54.6 Å². The van der Waals surface area contributed by atoms with Crippen molar-refractivity contribution in [3.63, 3.8) is 0 Å². The molecule has 30 heteroatoms. The molecule has 1 aromatic rings. The molecule has 458 valence electrons. The minimum atomic E-state index is -5.33. The van der Waals surface area contributed by atoms with Crippen LogP contribution in [-0.4, -0.2) is 208 Å². The number of nitrogens with one attached hydrogen (secondary N) is 5. The van der Waals surface area contributed by atoms with E-state index in [1.807, 2.05) is 10.6 Å². The molecule has 81 heavy (non-hydrogen) atoms. The number of aromatic hydroxyl groups is 1. The van der Waals surface area contributed by atoms with Crippen LogP contribution in [0.4, 0.5) is 0 Å². The van der Waals surface area contributed by atoms with Gasteiger partial charge in [0.05, 0.1) is 30.8 Å². The highest BCUT2D eigenvalue weighted by Crippen LogP contribution is 2.33. The predicted octanol–water partition coefficient (Wildman–Crippen LogP) is -3.63. The monoisotopic (exact) mass is 1170 g/mol. The second kappa shape index (κ2) is 31.6. The zero-order chi connectivity index (χ0) is 60.5. The molecule has 1 aromatic carbocycles. The van der Waals surface area contributed by atoms with Gasteiger partial charge in [0.2, 0.25) is 47.3 Å². The third-order valence-electron chi connectivity index (χ3n) is 14.6. The summed E-state index contributed by atoms with van der Waals surface area (Å²) in [6.45, 7) is 3.39. The number of carbonyl (C=O) groups excluding carboxylic acids is 8. The maximum atomic E-state index is 14.6. The van der Waals surface area contributed by atoms with Gasteiger partial charge in [-0.3, -0.25) is 42.9 Å². The summed E-state index contributed by atoms with van der Waals surface area (Å²) >= 11 is 0. The van der Waals surface area contributed by atoms with Crippen molar-refractivity contribution in [3.8, 4) is 11.5 Å². The minimum Gasteiger partial charge on any atom is -0.504 e. The number of fused-ring (bicyclic) bond motifs is 2. The maximum Gasteiger partial charge on any atom is 0.446 e. The summed E-state index contributed by atoms with van der Waals surface area (Å²) in [5.41, 5.74) is 4.75. The lowest BCUT2D eigenvalue weighted by molar-refractivity contribution is -0.149. The topological polar surface area (TPSA) is 475 Å². The van der Waals surface area contributed by atoms with E-state index in [2.05, 4.69) is 27.1 Å². The zero-order valence-corrected chi connectivity index (χ0v) is 46.5. The molecule has 3 aliphatic heterocycles. The first-order chi connectivity index (χ1) is 38.1. The SMILES string of the molecule is CCCCCCCCCCCCCCCC(=O)N[C@H]1C[C@@H](O)[C@@H](O)NC(=O)C2[C@@H](O)[C@@H](C)CN2C(=O)[C@H]([C@H](O)CC(N)=O)NC(=O)[C@H]([C@H](O)[C@@H](O)c2ccc(O)c(OS(=O)(=O)O)c2)NC(=O)C2C[C@@H](O)CN2C(=O)[C@H]([C@@H](C)O)NC1=O. The Morgan fingerprint density at radius 1 is 0.741 bits per heavy atom. The number of amides is 8. The molecule has 4 rings (SSSR count). The standard InChI is InChI=1S/C51H82N8O21S/c1-4-5-6-7-8-9-10-11-12-13-14-15-16-17-37(66)53-30-22-34(64)47(72)57-49(74)41-42(67)26(2)24-59(41)51(76)39(33(63)23-36(52)65)55-48(73)40(44(69)43(68)28-18-19-32(62)35(20-28)80-81(77,78)79)56-46(71)31-21-29(61)25-58(31)50(75)38(27(3)60)54-45(30)70/h18-20,26-27,29-31,33-34,38-44,47,60-64,67-69,72H,4-17,21-25H2,1-3H3,(H2,52,65)(H,53,66)(H,54,70)(H,55,73)(H,56,71)(H,57,74)(H,77,78,79)/t26-,27+,29+,30-,31?,33+,34+,38-,39-,40-,41?,42-,43-,44-,47+/m0/s1. The van der Waals surface area contributed by atoms with Gasteiger partial charge in [-0.05, 0) is 31.0 Å². The van der Waals surface area contributed by atoms with Gasteiger partial charge in [0.15, 0.2) is 17.7 Å². The zero-order valence-electron chi connectivity index (χ0n) is 45.7. The van der Waals surface area contributed by atoms with Crippen molar-refractivity contribution in [2.45, 2.75) is 215 Å². The number of nitrogens with zero attached hydrogens (tertiary/aromatic N) is 2. The van der Waals surface area contributed by atoms with Crippen LogP contribution in [0.5, 0.6) is 11.5 Å². The molecule has 3 heterocycles. The highest BCUT2D eigenvalue weighted by molar-refractivity contribution is 7.81. The van der Waals surface area contributed by atoms with E-state index in [-0.39, 0.29) is 6.42 Å². The first-order valence-corrected chi connectivity index (χ1v) is 28.8. The van der Waals surface area contributed by atoms with Crippen molar-refractivity contribution in [2.24, 2.45) is 11.7 Å². The van der Waals surface area contributed by atoms with Gasteiger partial charge in [-0.1, -0.05) is 97.0 Å². The predicted molar refractivity (Wildman–Crippen MR) is 282 cm³/mol. The Morgan fingerprint density at radius 2 is 1.30 bits per heavy atom. The number of aliphatic hydroxyl groups excluding tert-OH is 8. The number of carbonyl (C=O) groups is 8. The average Bonchev–Trinajstić information content (AvgIpc) is 3.94. The second-order valence-electron chi connectivity index (χ2n) is 21.3. The molecule has 0 saturated carbocycles. The summed E-state index contributed by atoms with van der Waals surface area (Å²) in [4.78, 5) is 113. The van der Waals surface area contributed by atoms with E-state index in [1.165, 1.54) is 45.4 Å². The van der Waals surface area contributed by atoms with Crippen LogP contribution in [0.25, 0.3) is 0 Å². The number of rotatable bonds is 24. The Kier molecular flexibility index (Phi) is 26.4. The number of unbranched alkanes of at least 4 members (excludes halogenated alkanes) is 12. The van der Waals surface area contributed by atoms with Crippen molar-refractivity contribution in [1.82, 2.24) is 36.4 Å². The molecule has 2 unspecified atom stereocenters. The Hall–Kier alpha value is -5.83. The van der Waals surface area contributed by atoms with Crippen molar-refractivity contribution in [2.75, 3.05) is 13.1 Å². The fourth-order valence-electron chi connectivity index (χ4n) is 10.1. The van der Waals surface area contributed by atoms with E-state index >= 15 is 0 Å². The van der Waals surface area contributed by atoms with E-state index < -0.39 is 198 Å². The molecule has 17 N–H and O–H groups in total. The summed E-state index contributed by atoms with van der Waals surface area (Å²) in [6, 6.07) is -10.5. The van der Waals surface area contributed by atoms with Crippen molar-refractivity contribution < 1.29 is 101 Å². The number of phenolic OH excluding ortho intramolecular Hbond substituents is 1. The van der Waals surface area contributed by atoms with Crippen molar-refractivity contribution in [1.29, 1.82) is 0 Å². The molecule has 0 aliphatic carbocycles. The molecule has 3 saturated heterocycles. The number of phenols is 1. The number of aliphatic hydroxyl groups is 8. The Balaban J connectivity index is 1.74. The summed E-state index contributed by atoms with van der Waals surface area (Å²) in [5, 5.41) is 111. The van der Waals surface area contributed by atoms with E-state index in [1.54, 1.807) is 0 Å². The van der Waals surface area contributed by atoms with E-state index in [0.717, 1.165) is 51.2 Å².